The number of aryl methyl sites for hydroxylation is 1. The number of aromatic nitrogens is 2. The highest BCUT2D eigenvalue weighted by Crippen LogP contribution is 2.31. The summed E-state index contributed by atoms with van der Waals surface area (Å²) in [4.78, 5) is 25.0. The first-order chi connectivity index (χ1) is 11.5. The molecular formula is C18H22N2O4S. The number of nitrogens with one attached hydrogen (secondary N) is 1. The summed E-state index contributed by atoms with van der Waals surface area (Å²) >= 11 is 0. The molecule has 2 rings (SSSR count). The van der Waals surface area contributed by atoms with Crippen LogP contribution in [0.2, 0.25) is 0 Å². The molecule has 0 atom stereocenters. The SMILES string of the molecule is CC(C)=C(C)c1c(S(C)(=O)=O)ccc(C(=O)c2c[nH]n(C)c2=O)c1C. The van der Waals surface area contributed by atoms with Crippen LogP contribution in [-0.2, 0) is 16.9 Å². The fraction of sp³-hybridized carbons (Fsp3) is 0.333. The van der Waals surface area contributed by atoms with Crippen molar-refractivity contribution >= 4 is 21.2 Å². The second kappa shape index (κ2) is 6.48. The van der Waals surface area contributed by atoms with E-state index >= 15 is 0 Å². The molecular weight excluding hydrogens is 340 g/mol. The molecule has 0 unspecified atom stereocenters. The standard InChI is InChI=1S/C18H22N2O4S/c1-10(2)11(3)16-12(4)13(7-8-15(16)25(6,23)24)17(21)14-9-19-20(5)18(14)22/h7-9,19H,1-6H3. The molecule has 0 spiro atoms. The van der Waals surface area contributed by atoms with Crippen LogP contribution in [-0.4, -0.2) is 30.2 Å². The van der Waals surface area contributed by atoms with Gasteiger partial charge in [0, 0.05) is 25.1 Å². The summed E-state index contributed by atoms with van der Waals surface area (Å²) < 4.78 is 25.6. The third-order valence-corrected chi connectivity index (χ3v) is 5.52. The van der Waals surface area contributed by atoms with Crippen molar-refractivity contribution in [2.45, 2.75) is 32.6 Å². The van der Waals surface area contributed by atoms with Crippen LogP contribution in [0.5, 0.6) is 0 Å². The summed E-state index contributed by atoms with van der Waals surface area (Å²) in [6.45, 7) is 7.31. The molecule has 1 aromatic carbocycles. The molecule has 0 saturated heterocycles. The maximum absolute atomic E-state index is 12.8. The third kappa shape index (κ3) is 3.37. The molecule has 1 aromatic heterocycles. The predicted octanol–water partition coefficient (Wildman–Crippen LogP) is 2.47. The molecule has 1 heterocycles. The van der Waals surface area contributed by atoms with Gasteiger partial charge in [-0.15, -0.1) is 0 Å². The zero-order valence-electron chi connectivity index (χ0n) is 15.2. The quantitative estimate of drug-likeness (QED) is 0.846. The van der Waals surface area contributed by atoms with E-state index < -0.39 is 21.2 Å². The first kappa shape index (κ1) is 18.9. The van der Waals surface area contributed by atoms with Crippen molar-refractivity contribution in [1.29, 1.82) is 0 Å². The van der Waals surface area contributed by atoms with Crippen LogP contribution in [0.1, 0.15) is 47.8 Å². The van der Waals surface area contributed by atoms with E-state index in [1.54, 1.807) is 6.92 Å². The molecule has 25 heavy (non-hydrogen) atoms. The number of nitrogens with zero attached hydrogens (tertiary/aromatic N) is 1. The van der Waals surface area contributed by atoms with Crippen LogP contribution in [0.15, 0.2) is 33.6 Å². The normalized spacial score (nSPS) is 11.4. The Hall–Kier alpha value is -2.41. The predicted molar refractivity (Wildman–Crippen MR) is 97.7 cm³/mol. The number of benzene rings is 1. The Morgan fingerprint density at radius 1 is 1.12 bits per heavy atom. The van der Waals surface area contributed by atoms with E-state index in [0.717, 1.165) is 17.4 Å². The number of carbonyl (C=O) groups excluding carboxylic acids is 1. The van der Waals surface area contributed by atoms with Gasteiger partial charge in [0.25, 0.3) is 5.56 Å². The maximum atomic E-state index is 12.8. The molecule has 0 fully saturated rings. The number of hydrogen-bond acceptors (Lipinski definition) is 4. The molecule has 0 aliphatic heterocycles. The lowest BCUT2D eigenvalue weighted by Gasteiger charge is -2.16. The number of sulfone groups is 1. The van der Waals surface area contributed by atoms with Gasteiger partial charge in [-0.2, -0.15) is 0 Å². The summed E-state index contributed by atoms with van der Waals surface area (Å²) in [7, 11) is -1.94. The van der Waals surface area contributed by atoms with Crippen LogP contribution < -0.4 is 5.56 Å². The molecule has 0 radical (unpaired) electrons. The number of carbonyl (C=O) groups is 1. The Bertz CT molecular complexity index is 1050. The van der Waals surface area contributed by atoms with Crippen molar-refractivity contribution < 1.29 is 13.2 Å². The van der Waals surface area contributed by atoms with Gasteiger partial charge in [0.1, 0.15) is 5.56 Å². The zero-order valence-corrected chi connectivity index (χ0v) is 16.0. The fourth-order valence-corrected chi connectivity index (χ4v) is 3.72. The van der Waals surface area contributed by atoms with Crippen LogP contribution >= 0.6 is 0 Å². The lowest BCUT2D eigenvalue weighted by atomic mass is 9.92. The summed E-state index contributed by atoms with van der Waals surface area (Å²) in [6.07, 6.45) is 2.51. The number of hydrogen-bond donors (Lipinski definition) is 1. The minimum absolute atomic E-state index is 0.0264. The second-order valence-electron chi connectivity index (χ2n) is 6.39. The Balaban J connectivity index is 2.82. The Labute approximate surface area is 147 Å². The molecule has 0 saturated carbocycles. The molecule has 6 nitrogen and oxygen atoms in total. The number of rotatable bonds is 4. The van der Waals surface area contributed by atoms with Gasteiger partial charge in [0.2, 0.25) is 0 Å². The average molecular weight is 362 g/mol. The monoisotopic (exact) mass is 362 g/mol. The number of H-pyrrole nitrogens is 1. The van der Waals surface area contributed by atoms with Gasteiger partial charge in [-0.3, -0.25) is 14.3 Å². The topological polar surface area (TPSA) is 89.0 Å². The van der Waals surface area contributed by atoms with E-state index in [2.05, 4.69) is 5.10 Å². The lowest BCUT2D eigenvalue weighted by Crippen LogP contribution is -2.20. The van der Waals surface area contributed by atoms with Crippen molar-refractivity contribution in [3.8, 4) is 0 Å². The molecule has 0 aliphatic carbocycles. The van der Waals surface area contributed by atoms with Crippen LogP contribution in [0, 0.1) is 6.92 Å². The fourth-order valence-electron chi connectivity index (χ4n) is 2.73. The molecule has 2 aromatic rings. The van der Waals surface area contributed by atoms with Crippen LogP contribution in [0.3, 0.4) is 0 Å². The molecule has 134 valence electrons. The van der Waals surface area contributed by atoms with Gasteiger partial charge < -0.3 is 5.10 Å². The largest absolute Gasteiger partial charge is 0.302 e. The highest BCUT2D eigenvalue weighted by Gasteiger charge is 2.24. The van der Waals surface area contributed by atoms with Gasteiger partial charge in [-0.1, -0.05) is 5.57 Å². The van der Waals surface area contributed by atoms with E-state index in [1.165, 1.54) is 30.1 Å². The highest BCUT2D eigenvalue weighted by molar-refractivity contribution is 7.90. The first-order valence-electron chi connectivity index (χ1n) is 7.74. The molecule has 0 bridgehead atoms. The minimum atomic E-state index is -3.46. The first-order valence-corrected chi connectivity index (χ1v) is 9.63. The number of ketones is 1. The Kier molecular flexibility index (Phi) is 4.90. The van der Waals surface area contributed by atoms with Crippen molar-refractivity contribution in [3.63, 3.8) is 0 Å². The summed E-state index contributed by atoms with van der Waals surface area (Å²) in [5.41, 5.74) is 2.76. The van der Waals surface area contributed by atoms with E-state index in [4.69, 9.17) is 0 Å². The van der Waals surface area contributed by atoms with Crippen molar-refractivity contribution in [1.82, 2.24) is 9.78 Å². The van der Waals surface area contributed by atoms with E-state index in [0.29, 0.717) is 16.7 Å². The highest BCUT2D eigenvalue weighted by atomic mass is 32.2. The van der Waals surface area contributed by atoms with Gasteiger partial charge >= 0.3 is 0 Å². The zero-order chi connectivity index (χ0) is 19.1. The van der Waals surface area contributed by atoms with Crippen molar-refractivity contribution in [2.24, 2.45) is 7.05 Å². The maximum Gasteiger partial charge on any atom is 0.277 e. The van der Waals surface area contributed by atoms with E-state index in [9.17, 15) is 18.0 Å². The van der Waals surface area contributed by atoms with Crippen LogP contribution in [0.4, 0.5) is 0 Å². The number of aromatic amines is 1. The van der Waals surface area contributed by atoms with Crippen LogP contribution in [0.25, 0.3) is 5.57 Å². The molecule has 0 amide bonds. The van der Waals surface area contributed by atoms with Gasteiger partial charge in [-0.05, 0) is 56.5 Å². The van der Waals surface area contributed by atoms with E-state index in [-0.39, 0.29) is 10.5 Å². The Morgan fingerprint density at radius 3 is 2.16 bits per heavy atom. The molecule has 0 aliphatic rings. The third-order valence-electron chi connectivity index (χ3n) is 4.38. The average Bonchev–Trinajstić information content (AvgIpc) is 2.84. The second-order valence-corrected chi connectivity index (χ2v) is 8.37. The summed E-state index contributed by atoms with van der Waals surface area (Å²) in [5.74, 6) is -0.429. The summed E-state index contributed by atoms with van der Waals surface area (Å²) in [5, 5.41) is 2.68. The lowest BCUT2D eigenvalue weighted by molar-refractivity contribution is 0.103. The molecule has 7 heteroatoms. The van der Waals surface area contributed by atoms with E-state index in [1.807, 2.05) is 20.8 Å². The smallest absolute Gasteiger partial charge is 0.277 e. The van der Waals surface area contributed by atoms with Crippen molar-refractivity contribution in [2.75, 3.05) is 6.26 Å². The minimum Gasteiger partial charge on any atom is -0.302 e. The number of allylic oxidation sites excluding steroid dienone is 2. The van der Waals surface area contributed by atoms with Crippen molar-refractivity contribution in [3.05, 3.63) is 56.5 Å². The summed E-state index contributed by atoms with van der Waals surface area (Å²) in [6, 6.07) is 2.91. The van der Waals surface area contributed by atoms with Gasteiger partial charge in [-0.25, -0.2) is 8.42 Å². The van der Waals surface area contributed by atoms with Gasteiger partial charge in [0.05, 0.1) is 4.90 Å². The van der Waals surface area contributed by atoms with Gasteiger partial charge in [0.15, 0.2) is 15.6 Å². The molecule has 1 N–H and O–H groups in total. The Morgan fingerprint density at radius 2 is 1.72 bits per heavy atom.